The quantitative estimate of drug-likeness (QED) is 0.471. The van der Waals surface area contributed by atoms with Gasteiger partial charge in [-0.2, -0.15) is 0 Å². The third-order valence-corrected chi connectivity index (χ3v) is 4.08. The maximum Gasteiger partial charge on any atom is 0.433 e. The highest BCUT2D eigenvalue weighted by atomic mass is 16.7. The van der Waals surface area contributed by atoms with Gasteiger partial charge in [0.2, 0.25) is 17.7 Å². The highest BCUT2D eigenvalue weighted by Crippen LogP contribution is 2.18. The lowest BCUT2D eigenvalue weighted by Crippen LogP contribution is -2.52. The second kappa shape index (κ2) is 10.4. The van der Waals surface area contributed by atoms with Gasteiger partial charge >= 0.3 is 12.2 Å². The predicted octanol–water partition coefficient (Wildman–Crippen LogP) is 1.59. The van der Waals surface area contributed by atoms with Gasteiger partial charge in [-0.15, -0.1) is 4.73 Å². The van der Waals surface area contributed by atoms with Gasteiger partial charge in [0.1, 0.15) is 11.6 Å². The van der Waals surface area contributed by atoms with Crippen molar-refractivity contribution in [2.45, 2.75) is 38.8 Å². The van der Waals surface area contributed by atoms with Crippen LogP contribution in [0.3, 0.4) is 0 Å². The Kier molecular flexibility index (Phi) is 7.94. The summed E-state index contributed by atoms with van der Waals surface area (Å²) in [5, 5.41) is 23.9. The molecule has 0 saturated heterocycles. The van der Waals surface area contributed by atoms with Crippen molar-refractivity contribution in [2.24, 2.45) is 0 Å². The summed E-state index contributed by atoms with van der Waals surface area (Å²) in [6, 6.07) is 10.4. The molecule has 2 rings (SSSR count). The number of carbonyl (C=O) groups excluding carboxylic acids is 3. The molecule has 32 heavy (non-hydrogen) atoms. The SMILES string of the molecule is CN(CNC(=O)On1c(O)ccc1O)C(=O)[C@H](Cc1ccccc1)NC(=O)OC(C)(C)C. The lowest BCUT2D eigenvalue weighted by molar-refractivity contribution is -0.132. The zero-order chi connectivity index (χ0) is 23.9. The number of carbonyl (C=O) groups is 3. The van der Waals surface area contributed by atoms with Crippen molar-refractivity contribution in [2.75, 3.05) is 13.7 Å². The molecule has 0 spiro atoms. The number of likely N-dealkylation sites (N-methyl/N-ethyl adjacent to an activating group) is 1. The summed E-state index contributed by atoms with van der Waals surface area (Å²) in [6.45, 7) is 4.87. The average Bonchev–Trinajstić information content (AvgIpc) is 3.02. The maximum absolute atomic E-state index is 13.0. The molecule has 0 saturated carbocycles. The van der Waals surface area contributed by atoms with Crippen LogP contribution in [0.5, 0.6) is 11.8 Å². The van der Waals surface area contributed by atoms with E-state index >= 15 is 0 Å². The number of hydrogen-bond acceptors (Lipinski definition) is 7. The van der Waals surface area contributed by atoms with E-state index in [0.29, 0.717) is 4.73 Å². The van der Waals surface area contributed by atoms with E-state index in [1.165, 1.54) is 11.9 Å². The third-order valence-electron chi connectivity index (χ3n) is 4.08. The Morgan fingerprint density at radius 2 is 1.62 bits per heavy atom. The minimum absolute atomic E-state index is 0.207. The van der Waals surface area contributed by atoms with Gasteiger partial charge < -0.3 is 35.3 Å². The van der Waals surface area contributed by atoms with Crippen molar-refractivity contribution in [3.63, 3.8) is 0 Å². The number of rotatable bonds is 7. The molecule has 0 aliphatic heterocycles. The number of aromatic nitrogens is 1. The number of hydrogen-bond donors (Lipinski definition) is 4. The van der Waals surface area contributed by atoms with Gasteiger partial charge in [-0.3, -0.25) is 4.79 Å². The van der Waals surface area contributed by atoms with Gasteiger partial charge in [-0.25, -0.2) is 9.59 Å². The molecule has 1 aromatic carbocycles. The molecule has 1 aromatic heterocycles. The van der Waals surface area contributed by atoms with E-state index in [2.05, 4.69) is 10.6 Å². The van der Waals surface area contributed by atoms with Gasteiger partial charge in [0, 0.05) is 25.6 Å². The summed E-state index contributed by atoms with van der Waals surface area (Å²) in [5.41, 5.74) is 0.0817. The van der Waals surface area contributed by atoms with Gasteiger partial charge in [0.05, 0.1) is 6.67 Å². The number of ether oxygens (including phenoxy) is 1. The van der Waals surface area contributed by atoms with Crippen molar-refractivity contribution >= 4 is 18.1 Å². The standard InChI is InChI=1S/C21H28N4O7/c1-21(2,3)31-20(30)23-15(12-14-8-6-5-7-9-14)18(28)24(4)13-22-19(29)32-25-16(26)10-11-17(25)27/h5-11,15,26-27H,12-13H2,1-4H3,(H,22,29)(H,23,30)/t15-/m0/s1. The van der Waals surface area contributed by atoms with Crippen molar-refractivity contribution in [1.82, 2.24) is 20.3 Å². The van der Waals surface area contributed by atoms with Crippen LogP contribution in [0.4, 0.5) is 9.59 Å². The molecule has 4 N–H and O–H groups in total. The summed E-state index contributed by atoms with van der Waals surface area (Å²) >= 11 is 0. The molecular weight excluding hydrogens is 420 g/mol. The van der Waals surface area contributed by atoms with Crippen LogP contribution in [0, 0.1) is 0 Å². The summed E-state index contributed by atoms with van der Waals surface area (Å²) in [4.78, 5) is 43.1. The van der Waals surface area contributed by atoms with E-state index in [1.54, 1.807) is 20.8 Å². The Balaban J connectivity index is 2.01. The topological polar surface area (TPSA) is 142 Å². The number of aromatic hydroxyl groups is 2. The monoisotopic (exact) mass is 448 g/mol. The lowest BCUT2D eigenvalue weighted by atomic mass is 10.1. The van der Waals surface area contributed by atoms with Crippen LogP contribution in [0.1, 0.15) is 26.3 Å². The molecule has 0 unspecified atom stereocenters. The minimum atomic E-state index is -1.02. The second-order valence-corrected chi connectivity index (χ2v) is 7.98. The molecule has 3 amide bonds. The number of nitrogens with one attached hydrogen (secondary N) is 2. The van der Waals surface area contributed by atoms with E-state index in [1.807, 2.05) is 30.3 Å². The highest BCUT2D eigenvalue weighted by molar-refractivity contribution is 5.86. The number of benzene rings is 1. The van der Waals surface area contributed by atoms with E-state index in [0.717, 1.165) is 17.7 Å². The van der Waals surface area contributed by atoms with Crippen LogP contribution in [0.25, 0.3) is 0 Å². The van der Waals surface area contributed by atoms with Crippen LogP contribution in [-0.2, 0) is 16.0 Å². The Morgan fingerprint density at radius 3 is 2.19 bits per heavy atom. The summed E-state index contributed by atoms with van der Waals surface area (Å²) in [6.07, 6.45) is -1.56. The van der Waals surface area contributed by atoms with Gasteiger partial charge in [-0.05, 0) is 26.3 Å². The molecule has 11 heteroatoms. The first kappa shape index (κ1) is 24.4. The van der Waals surface area contributed by atoms with E-state index in [-0.39, 0.29) is 13.1 Å². The predicted molar refractivity (Wildman–Crippen MR) is 114 cm³/mol. The van der Waals surface area contributed by atoms with Crippen molar-refractivity contribution in [3.05, 3.63) is 48.0 Å². The lowest BCUT2D eigenvalue weighted by Gasteiger charge is -2.26. The molecule has 0 bridgehead atoms. The largest absolute Gasteiger partial charge is 0.492 e. The smallest absolute Gasteiger partial charge is 0.433 e. The van der Waals surface area contributed by atoms with Crippen molar-refractivity contribution in [3.8, 4) is 11.8 Å². The highest BCUT2D eigenvalue weighted by Gasteiger charge is 2.27. The fraction of sp³-hybridized carbons (Fsp3) is 0.381. The van der Waals surface area contributed by atoms with Gasteiger partial charge in [0.15, 0.2) is 0 Å². The van der Waals surface area contributed by atoms with Crippen LogP contribution in [0.2, 0.25) is 0 Å². The zero-order valence-electron chi connectivity index (χ0n) is 18.4. The van der Waals surface area contributed by atoms with Crippen molar-refractivity contribution in [1.29, 1.82) is 0 Å². The molecule has 1 atom stereocenters. The Morgan fingerprint density at radius 1 is 1.03 bits per heavy atom. The Labute approximate surface area is 185 Å². The first-order valence-electron chi connectivity index (χ1n) is 9.80. The average molecular weight is 448 g/mol. The number of alkyl carbamates (subject to hydrolysis) is 1. The molecule has 0 aliphatic carbocycles. The van der Waals surface area contributed by atoms with Crippen molar-refractivity contribution < 1.29 is 34.2 Å². The minimum Gasteiger partial charge on any atom is -0.492 e. The van der Waals surface area contributed by atoms with Crippen LogP contribution >= 0.6 is 0 Å². The molecule has 174 valence electrons. The van der Waals surface area contributed by atoms with Gasteiger partial charge in [0.25, 0.3) is 0 Å². The van der Waals surface area contributed by atoms with Crippen LogP contribution in [-0.4, -0.2) is 63.3 Å². The molecule has 11 nitrogen and oxygen atoms in total. The summed E-state index contributed by atoms with van der Waals surface area (Å²) < 4.78 is 5.77. The second-order valence-electron chi connectivity index (χ2n) is 7.98. The van der Waals surface area contributed by atoms with E-state index < -0.39 is 41.5 Å². The van der Waals surface area contributed by atoms with E-state index in [9.17, 15) is 24.6 Å². The van der Waals surface area contributed by atoms with E-state index in [4.69, 9.17) is 9.57 Å². The zero-order valence-corrected chi connectivity index (χ0v) is 18.4. The summed E-state index contributed by atoms with van der Waals surface area (Å²) in [7, 11) is 1.43. The van der Waals surface area contributed by atoms with Gasteiger partial charge in [-0.1, -0.05) is 30.3 Å². The molecule has 0 fully saturated rings. The number of nitrogens with zero attached hydrogens (tertiary/aromatic N) is 2. The molecule has 0 radical (unpaired) electrons. The third kappa shape index (κ3) is 7.42. The Bertz CT molecular complexity index is 918. The molecule has 2 aromatic rings. The Hall–Kier alpha value is -3.89. The summed E-state index contributed by atoms with van der Waals surface area (Å²) in [5.74, 6) is -1.44. The maximum atomic E-state index is 13.0. The normalized spacial score (nSPS) is 11.9. The first-order chi connectivity index (χ1) is 15.0. The molecule has 0 aliphatic rings. The molecular formula is C21H28N4O7. The fourth-order valence-corrected chi connectivity index (χ4v) is 2.64. The fourth-order valence-electron chi connectivity index (χ4n) is 2.64. The first-order valence-corrected chi connectivity index (χ1v) is 9.80. The van der Waals surface area contributed by atoms with Crippen LogP contribution < -0.4 is 15.5 Å². The molecule has 1 heterocycles. The number of amides is 3. The van der Waals surface area contributed by atoms with Crippen LogP contribution in [0.15, 0.2) is 42.5 Å².